The van der Waals surface area contributed by atoms with Gasteiger partial charge in [-0.15, -0.1) is 0 Å². The van der Waals surface area contributed by atoms with Crippen molar-refractivity contribution in [2.75, 3.05) is 31.1 Å². The normalized spacial score (nSPS) is 11.0. The summed E-state index contributed by atoms with van der Waals surface area (Å²) in [5, 5.41) is 3.12. The first kappa shape index (κ1) is 24.4. The van der Waals surface area contributed by atoms with Gasteiger partial charge in [-0.3, -0.25) is 9.10 Å². The average Bonchev–Trinajstić information content (AvgIpc) is 2.81. The molecule has 1 amide bonds. The van der Waals surface area contributed by atoms with Crippen molar-refractivity contribution in [1.29, 1.82) is 0 Å². The van der Waals surface area contributed by atoms with Crippen molar-refractivity contribution in [2.24, 2.45) is 0 Å². The number of hydrogen-bond donors (Lipinski definition) is 1. The lowest BCUT2D eigenvalue weighted by Crippen LogP contribution is -2.41. The van der Waals surface area contributed by atoms with E-state index >= 15 is 0 Å². The zero-order chi connectivity index (χ0) is 23.8. The smallest absolute Gasteiger partial charge is 0.264 e. The monoisotopic (exact) mass is 488 g/mol. The van der Waals surface area contributed by atoms with Crippen LogP contribution in [0.2, 0.25) is 5.02 Å². The number of benzene rings is 3. The molecule has 174 valence electrons. The Labute approximate surface area is 198 Å². The maximum absolute atomic E-state index is 13.3. The molecule has 3 rings (SSSR count). The number of ether oxygens (including phenoxy) is 2. The molecule has 0 aliphatic heterocycles. The molecule has 3 aromatic rings. The van der Waals surface area contributed by atoms with Crippen LogP contribution in [0, 0.1) is 6.92 Å². The van der Waals surface area contributed by atoms with Crippen LogP contribution in [0.15, 0.2) is 77.7 Å². The van der Waals surface area contributed by atoms with Gasteiger partial charge in [0.2, 0.25) is 5.91 Å². The van der Waals surface area contributed by atoms with Gasteiger partial charge in [-0.1, -0.05) is 41.4 Å². The Bertz CT molecular complexity index is 1180. The van der Waals surface area contributed by atoms with Gasteiger partial charge in [-0.25, -0.2) is 8.42 Å². The van der Waals surface area contributed by atoms with E-state index < -0.39 is 15.9 Å². The minimum atomic E-state index is -4.00. The lowest BCUT2D eigenvalue weighted by atomic mass is 10.2. The van der Waals surface area contributed by atoms with Crippen molar-refractivity contribution in [3.63, 3.8) is 0 Å². The summed E-state index contributed by atoms with van der Waals surface area (Å²) in [7, 11) is -2.45. The zero-order valence-electron chi connectivity index (χ0n) is 18.3. The third-order valence-electron chi connectivity index (χ3n) is 4.76. The Balaban J connectivity index is 1.70. The maximum Gasteiger partial charge on any atom is 0.264 e. The molecule has 9 heteroatoms. The fourth-order valence-corrected chi connectivity index (χ4v) is 4.58. The number of carbonyl (C=O) groups excluding carboxylic acids is 1. The standard InChI is InChI=1S/C24H25ClN2O5S/c1-18-7-11-20(12-8-18)27(33(29,30)21-13-9-19(25)10-14-21)17-24(28)26-15-16-32-23-6-4-3-5-22(23)31-2/h3-14H,15-17H2,1-2H3,(H,26,28). The summed E-state index contributed by atoms with van der Waals surface area (Å²) in [6, 6.07) is 19.9. The van der Waals surface area contributed by atoms with Crippen molar-refractivity contribution < 1.29 is 22.7 Å². The fourth-order valence-electron chi connectivity index (χ4n) is 3.04. The second-order valence-corrected chi connectivity index (χ2v) is 9.45. The molecule has 0 atom stereocenters. The van der Waals surface area contributed by atoms with Gasteiger partial charge in [-0.05, 0) is 55.5 Å². The second kappa shape index (κ2) is 11.1. The van der Waals surface area contributed by atoms with E-state index in [-0.39, 0.29) is 24.6 Å². The molecule has 0 spiro atoms. The number of halogens is 1. The first-order chi connectivity index (χ1) is 15.8. The van der Waals surface area contributed by atoms with Gasteiger partial charge in [-0.2, -0.15) is 0 Å². The van der Waals surface area contributed by atoms with E-state index in [1.165, 1.54) is 24.3 Å². The van der Waals surface area contributed by atoms with E-state index in [1.54, 1.807) is 43.5 Å². The van der Waals surface area contributed by atoms with Gasteiger partial charge in [0.05, 0.1) is 24.2 Å². The van der Waals surface area contributed by atoms with Gasteiger partial charge < -0.3 is 14.8 Å². The summed E-state index contributed by atoms with van der Waals surface area (Å²) in [4.78, 5) is 12.7. The first-order valence-electron chi connectivity index (χ1n) is 10.2. The van der Waals surface area contributed by atoms with Crippen molar-refractivity contribution in [3.8, 4) is 11.5 Å². The summed E-state index contributed by atoms with van der Waals surface area (Å²) >= 11 is 5.90. The van der Waals surface area contributed by atoms with E-state index in [0.29, 0.717) is 22.2 Å². The predicted octanol–water partition coefficient (Wildman–Crippen LogP) is 4.05. The fraction of sp³-hybridized carbons (Fsp3) is 0.208. The van der Waals surface area contributed by atoms with Gasteiger partial charge in [0, 0.05) is 5.02 Å². The number of para-hydroxylation sites is 2. The van der Waals surface area contributed by atoms with Crippen molar-refractivity contribution >= 4 is 33.2 Å². The molecule has 0 aliphatic carbocycles. The number of nitrogens with zero attached hydrogens (tertiary/aromatic N) is 1. The lowest BCUT2D eigenvalue weighted by Gasteiger charge is -2.24. The highest BCUT2D eigenvalue weighted by Crippen LogP contribution is 2.26. The van der Waals surface area contributed by atoms with Crippen molar-refractivity contribution in [2.45, 2.75) is 11.8 Å². The zero-order valence-corrected chi connectivity index (χ0v) is 19.9. The molecule has 1 N–H and O–H groups in total. The number of aryl methyl sites for hydroxylation is 1. The van der Waals surface area contributed by atoms with Crippen LogP contribution < -0.4 is 19.1 Å². The number of rotatable bonds is 10. The van der Waals surface area contributed by atoms with E-state index in [2.05, 4.69) is 5.32 Å². The highest BCUT2D eigenvalue weighted by atomic mass is 35.5. The van der Waals surface area contributed by atoms with Crippen LogP contribution in [0.25, 0.3) is 0 Å². The lowest BCUT2D eigenvalue weighted by molar-refractivity contribution is -0.119. The highest BCUT2D eigenvalue weighted by Gasteiger charge is 2.27. The Hall–Kier alpha value is -3.23. The quantitative estimate of drug-likeness (QED) is 0.435. The van der Waals surface area contributed by atoms with E-state index in [9.17, 15) is 13.2 Å². The number of amides is 1. The number of hydrogen-bond acceptors (Lipinski definition) is 5. The predicted molar refractivity (Wildman–Crippen MR) is 129 cm³/mol. The summed E-state index contributed by atoms with van der Waals surface area (Å²) in [6.07, 6.45) is 0. The number of anilines is 1. The van der Waals surface area contributed by atoms with Crippen LogP contribution in [0.3, 0.4) is 0 Å². The first-order valence-corrected chi connectivity index (χ1v) is 12.0. The molecule has 3 aromatic carbocycles. The summed E-state index contributed by atoms with van der Waals surface area (Å²) in [5.41, 5.74) is 1.36. The van der Waals surface area contributed by atoms with Crippen molar-refractivity contribution in [3.05, 3.63) is 83.4 Å². The molecule has 0 aromatic heterocycles. The largest absolute Gasteiger partial charge is 0.493 e. The molecule has 0 heterocycles. The molecule has 0 aliphatic rings. The average molecular weight is 489 g/mol. The maximum atomic E-state index is 13.3. The Morgan fingerprint density at radius 2 is 1.61 bits per heavy atom. The molecule has 0 unspecified atom stereocenters. The Kier molecular flexibility index (Phi) is 8.19. The molecular weight excluding hydrogens is 464 g/mol. The van der Waals surface area contributed by atoms with Crippen LogP contribution in [0.4, 0.5) is 5.69 Å². The third-order valence-corrected chi connectivity index (χ3v) is 6.80. The SMILES string of the molecule is COc1ccccc1OCCNC(=O)CN(c1ccc(C)cc1)S(=O)(=O)c1ccc(Cl)cc1. The summed E-state index contributed by atoms with van der Waals surface area (Å²) < 4.78 is 38.6. The summed E-state index contributed by atoms with van der Waals surface area (Å²) in [5.74, 6) is 0.681. The number of methoxy groups -OCH3 is 1. The second-order valence-electron chi connectivity index (χ2n) is 7.15. The molecule has 0 saturated carbocycles. The minimum absolute atomic E-state index is 0.0415. The number of nitrogens with one attached hydrogen (secondary N) is 1. The van der Waals surface area contributed by atoms with Crippen LogP contribution in [0.1, 0.15) is 5.56 Å². The van der Waals surface area contributed by atoms with Crippen LogP contribution in [-0.2, 0) is 14.8 Å². The molecule has 33 heavy (non-hydrogen) atoms. The van der Waals surface area contributed by atoms with Crippen LogP contribution >= 0.6 is 11.6 Å². The summed E-state index contributed by atoms with van der Waals surface area (Å²) in [6.45, 7) is 1.90. The van der Waals surface area contributed by atoms with Gasteiger partial charge in [0.1, 0.15) is 13.2 Å². The van der Waals surface area contributed by atoms with E-state index in [0.717, 1.165) is 9.87 Å². The molecule has 0 saturated heterocycles. The Morgan fingerprint density at radius 3 is 2.24 bits per heavy atom. The van der Waals surface area contributed by atoms with E-state index in [4.69, 9.17) is 21.1 Å². The van der Waals surface area contributed by atoms with E-state index in [1.807, 2.05) is 19.1 Å². The number of carbonyl (C=O) groups is 1. The van der Waals surface area contributed by atoms with Gasteiger partial charge in [0.15, 0.2) is 11.5 Å². The van der Waals surface area contributed by atoms with Gasteiger partial charge >= 0.3 is 0 Å². The molecular formula is C24H25ClN2O5S. The minimum Gasteiger partial charge on any atom is -0.493 e. The van der Waals surface area contributed by atoms with Crippen molar-refractivity contribution in [1.82, 2.24) is 5.32 Å². The topological polar surface area (TPSA) is 84.9 Å². The van der Waals surface area contributed by atoms with Gasteiger partial charge in [0.25, 0.3) is 10.0 Å². The molecule has 0 radical (unpaired) electrons. The Morgan fingerprint density at radius 1 is 0.970 bits per heavy atom. The van der Waals surface area contributed by atoms with Crippen LogP contribution in [0.5, 0.6) is 11.5 Å². The third kappa shape index (κ3) is 6.40. The van der Waals surface area contributed by atoms with Crippen LogP contribution in [-0.4, -0.2) is 41.1 Å². The highest BCUT2D eigenvalue weighted by molar-refractivity contribution is 7.92. The number of sulfonamides is 1. The molecule has 0 bridgehead atoms. The molecule has 0 fully saturated rings. The molecule has 7 nitrogen and oxygen atoms in total.